The molecule has 4 atom stereocenters. The lowest BCUT2D eigenvalue weighted by atomic mass is 9.85. The number of halogens is 3. The van der Waals surface area contributed by atoms with Crippen molar-refractivity contribution in [3.63, 3.8) is 0 Å². The second-order valence-electron chi connectivity index (χ2n) is 11.4. The number of carbonyl (C=O) groups excluding carboxylic acids is 1. The van der Waals surface area contributed by atoms with Gasteiger partial charge >= 0.3 is 5.97 Å². The third kappa shape index (κ3) is 6.44. The van der Waals surface area contributed by atoms with E-state index in [4.69, 9.17) is 27.9 Å². The molecule has 0 radical (unpaired) electrons. The second kappa shape index (κ2) is 12.7. The lowest BCUT2D eigenvalue weighted by Crippen LogP contribution is -2.62. The van der Waals surface area contributed by atoms with E-state index in [1.165, 1.54) is 30.0 Å². The summed E-state index contributed by atoms with van der Waals surface area (Å²) in [4.78, 5) is 28.1. The first-order valence-corrected chi connectivity index (χ1v) is 16.6. The van der Waals surface area contributed by atoms with Crippen molar-refractivity contribution in [2.45, 2.75) is 68.6 Å². The van der Waals surface area contributed by atoms with Crippen LogP contribution in [0, 0.1) is 5.82 Å². The summed E-state index contributed by atoms with van der Waals surface area (Å²) in [5.74, 6) is -2.57. The van der Waals surface area contributed by atoms with Crippen LogP contribution < -0.4 is 4.31 Å². The van der Waals surface area contributed by atoms with Crippen molar-refractivity contribution in [3.05, 3.63) is 99.8 Å². The number of anilines is 1. The van der Waals surface area contributed by atoms with Crippen molar-refractivity contribution < 1.29 is 32.2 Å². The summed E-state index contributed by atoms with van der Waals surface area (Å²) in [6, 6.07) is 17.7. The summed E-state index contributed by atoms with van der Waals surface area (Å²) in [6.07, 6.45) is -0.344. The van der Waals surface area contributed by atoms with Crippen LogP contribution in [0.5, 0.6) is 0 Å². The maximum atomic E-state index is 15.2. The van der Waals surface area contributed by atoms with Crippen LogP contribution in [0.4, 0.5) is 10.1 Å². The fourth-order valence-corrected chi connectivity index (χ4v) is 8.03. The Morgan fingerprint density at radius 1 is 1.07 bits per heavy atom. The molecule has 8 nitrogen and oxygen atoms in total. The van der Waals surface area contributed by atoms with Crippen LogP contribution in [0.25, 0.3) is 0 Å². The molecule has 4 unspecified atom stereocenters. The van der Waals surface area contributed by atoms with E-state index in [-0.39, 0.29) is 18.7 Å². The third-order valence-corrected chi connectivity index (χ3v) is 10.9. The number of aliphatic carboxylic acids is 1. The molecule has 5 rings (SSSR count). The molecule has 1 amide bonds. The van der Waals surface area contributed by atoms with Crippen molar-refractivity contribution in [1.82, 2.24) is 4.90 Å². The maximum Gasteiger partial charge on any atom is 0.306 e. The molecule has 1 saturated heterocycles. The molecule has 234 valence electrons. The van der Waals surface area contributed by atoms with Crippen molar-refractivity contribution >= 4 is 50.8 Å². The molecule has 2 aliphatic rings. The van der Waals surface area contributed by atoms with Gasteiger partial charge in [0, 0.05) is 10.0 Å². The van der Waals surface area contributed by atoms with E-state index in [0.29, 0.717) is 34.0 Å². The average molecular weight is 664 g/mol. The number of nitrogens with zero attached hydrogens (tertiary/aromatic N) is 2. The molecular formula is C32H33Cl2FN2O6S. The number of amides is 1. The van der Waals surface area contributed by atoms with Gasteiger partial charge in [0.15, 0.2) is 5.60 Å². The number of rotatable bonds is 11. The number of morpholine rings is 1. The van der Waals surface area contributed by atoms with Crippen LogP contribution >= 0.6 is 23.2 Å². The number of hydrogen-bond acceptors (Lipinski definition) is 5. The van der Waals surface area contributed by atoms with E-state index in [2.05, 4.69) is 0 Å². The molecule has 0 bridgehead atoms. The van der Waals surface area contributed by atoms with Crippen molar-refractivity contribution in [2.75, 3.05) is 10.8 Å². The predicted molar refractivity (Wildman–Crippen MR) is 167 cm³/mol. The molecular weight excluding hydrogens is 630 g/mol. The standard InChI is InChI=1S/C32H33Cl2FN2O6S/c1-3-24(19-36(44(41,42)25-15-16-25)27-10-5-4-9-26(27)35)37-29(20-11-13-22(33)14-12-20)30(21-7-6-8-23(34)17-21)43-32(2,31(37)40)18-28(38)39/h4-14,17,24-25,29-30H,3,15-16,18-19H2,1-2H3,(H,38,39). The second-order valence-corrected chi connectivity index (χ2v) is 14.4. The number of sulfonamides is 1. The molecule has 3 aromatic carbocycles. The molecule has 0 aromatic heterocycles. The Balaban J connectivity index is 1.69. The number of carboxylic acids is 1. The van der Waals surface area contributed by atoms with Gasteiger partial charge in [-0.1, -0.05) is 66.5 Å². The topological polar surface area (TPSA) is 104 Å². The van der Waals surface area contributed by atoms with Gasteiger partial charge in [0.05, 0.1) is 36.0 Å². The Hall–Kier alpha value is -3.18. The monoisotopic (exact) mass is 662 g/mol. The molecule has 1 aliphatic carbocycles. The zero-order chi connectivity index (χ0) is 31.8. The van der Waals surface area contributed by atoms with Gasteiger partial charge in [0.25, 0.3) is 5.91 Å². The number of carbonyl (C=O) groups is 2. The summed E-state index contributed by atoms with van der Waals surface area (Å²) in [6.45, 7) is 2.98. The van der Waals surface area contributed by atoms with Gasteiger partial charge in [-0.15, -0.1) is 0 Å². The fourth-order valence-electron chi connectivity index (χ4n) is 5.81. The molecule has 44 heavy (non-hydrogen) atoms. The van der Waals surface area contributed by atoms with Gasteiger partial charge in [-0.05, 0) is 73.7 Å². The van der Waals surface area contributed by atoms with Crippen LogP contribution in [0.3, 0.4) is 0 Å². The first-order valence-electron chi connectivity index (χ1n) is 14.3. The van der Waals surface area contributed by atoms with Crippen LogP contribution in [-0.2, 0) is 24.3 Å². The highest BCUT2D eigenvalue weighted by atomic mass is 35.5. The van der Waals surface area contributed by atoms with Crippen LogP contribution in [0.2, 0.25) is 10.0 Å². The van der Waals surface area contributed by atoms with Crippen LogP contribution in [0.1, 0.15) is 62.8 Å². The van der Waals surface area contributed by atoms with E-state index in [9.17, 15) is 23.1 Å². The number of para-hydroxylation sites is 1. The van der Waals surface area contributed by atoms with E-state index in [1.54, 1.807) is 61.5 Å². The van der Waals surface area contributed by atoms with Gasteiger partial charge in [-0.3, -0.25) is 13.9 Å². The number of hydrogen-bond donors (Lipinski definition) is 1. The van der Waals surface area contributed by atoms with E-state index in [0.717, 1.165) is 4.31 Å². The summed E-state index contributed by atoms with van der Waals surface area (Å²) < 4.78 is 50.2. The van der Waals surface area contributed by atoms with Crippen molar-refractivity contribution in [2.24, 2.45) is 0 Å². The first kappa shape index (κ1) is 32.2. The summed E-state index contributed by atoms with van der Waals surface area (Å²) in [5, 5.41) is 10.1. The maximum absolute atomic E-state index is 15.2. The van der Waals surface area contributed by atoms with Gasteiger partial charge in [0.2, 0.25) is 10.0 Å². The lowest BCUT2D eigenvalue weighted by Gasteiger charge is -2.52. The molecule has 2 fully saturated rings. The SMILES string of the molecule is CCC(CN(c1ccccc1F)S(=O)(=O)C1CC1)N1C(=O)C(C)(CC(=O)O)OC(c2cccc(Cl)c2)C1c1ccc(Cl)cc1. The largest absolute Gasteiger partial charge is 0.481 e. The first-order chi connectivity index (χ1) is 20.9. The minimum atomic E-state index is -3.98. The Morgan fingerprint density at radius 3 is 2.34 bits per heavy atom. The molecule has 1 aliphatic heterocycles. The minimum absolute atomic E-state index is 0.110. The lowest BCUT2D eigenvalue weighted by molar-refractivity contribution is -0.206. The van der Waals surface area contributed by atoms with Crippen molar-refractivity contribution in [3.8, 4) is 0 Å². The predicted octanol–water partition coefficient (Wildman–Crippen LogP) is 6.78. The Labute approximate surface area is 266 Å². The minimum Gasteiger partial charge on any atom is -0.481 e. The smallest absolute Gasteiger partial charge is 0.306 e. The highest BCUT2D eigenvalue weighted by Gasteiger charge is 2.54. The summed E-state index contributed by atoms with van der Waals surface area (Å²) >= 11 is 12.6. The summed E-state index contributed by atoms with van der Waals surface area (Å²) in [5.41, 5.74) is -0.696. The quantitative estimate of drug-likeness (QED) is 0.243. The van der Waals surface area contributed by atoms with E-state index < -0.39 is 63.2 Å². The number of benzene rings is 3. The Kier molecular flexibility index (Phi) is 9.28. The highest BCUT2D eigenvalue weighted by Crippen LogP contribution is 2.48. The normalized spacial score (nSPS) is 22.9. The molecule has 1 heterocycles. The Bertz CT molecular complexity index is 1650. The molecule has 1 saturated carbocycles. The zero-order valence-electron chi connectivity index (χ0n) is 24.2. The van der Waals surface area contributed by atoms with E-state index >= 15 is 4.39 Å². The zero-order valence-corrected chi connectivity index (χ0v) is 26.5. The van der Waals surface area contributed by atoms with Gasteiger partial charge < -0.3 is 14.7 Å². The van der Waals surface area contributed by atoms with Gasteiger partial charge in [-0.25, -0.2) is 12.8 Å². The Morgan fingerprint density at radius 2 is 1.75 bits per heavy atom. The van der Waals surface area contributed by atoms with Crippen LogP contribution in [0.15, 0.2) is 72.8 Å². The van der Waals surface area contributed by atoms with Crippen LogP contribution in [-0.4, -0.2) is 53.7 Å². The average Bonchev–Trinajstić information content (AvgIpc) is 3.83. The number of ether oxygens (including phenoxy) is 1. The van der Waals surface area contributed by atoms with Crippen molar-refractivity contribution in [1.29, 1.82) is 0 Å². The van der Waals surface area contributed by atoms with Gasteiger partial charge in [0.1, 0.15) is 11.9 Å². The highest BCUT2D eigenvalue weighted by molar-refractivity contribution is 7.93. The molecule has 12 heteroatoms. The fraction of sp³-hybridized carbons (Fsp3) is 0.375. The van der Waals surface area contributed by atoms with E-state index in [1.807, 2.05) is 0 Å². The number of carboxylic acid groups (broad SMARTS) is 1. The van der Waals surface area contributed by atoms with Gasteiger partial charge in [-0.2, -0.15) is 0 Å². The third-order valence-electron chi connectivity index (χ3n) is 8.15. The molecule has 3 aromatic rings. The molecule has 0 spiro atoms. The molecule has 1 N–H and O–H groups in total. The summed E-state index contributed by atoms with van der Waals surface area (Å²) in [7, 11) is -3.98.